The van der Waals surface area contributed by atoms with Crippen LogP contribution in [0.2, 0.25) is 0 Å². The second-order valence-corrected chi connectivity index (χ2v) is 9.98. The number of hydrogen-bond acceptors (Lipinski definition) is 4. The minimum atomic E-state index is -0.216. The fourth-order valence-corrected chi connectivity index (χ4v) is 7.60. The maximum Gasteiger partial charge on any atom is 0.348 e. The number of hydrogen-bond donors (Lipinski definition) is 0. The van der Waals surface area contributed by atoms with Crippen LogP contribution in [0.25, 0.3) is 11.1 Å². The van der Waals surface area contributed by atoms with E-state index in [4.69, 9.17) is 15.9 Å². The van der Waals surface area contributed by atoms with Crippen molar-refractivity contribution in [1.29, 1.82) is 0 Å². The van der Waals surface area contributed by atoms with E-state index in [1.54, 1.807) is 7.11 Å². The number of methoxy groups -OCH3 is 2. The van der Waals surface area contributed by atoms with E-state index in [0.29, 0.717) is 0 Å². The Morgan fingerprint density at radius 1 is 1.14 bits per heavy atom. The number of thiophene rings is 1. The molecule has 0 spiro atoms. The molecule has 0 unspecified atom stereocenters. The number of ether oxygens (including phenoxy) is 2. The Labute approximate surface area is 176 Å². The van der Waals surface area contributed by atoms with Gasteiger partial charge in [-0.1, -0.05) is 12.0 Å². The minimum absolute atomic E-state index is 0.153. The summed E-state index contributed by atoms with van der Waals surface area (Å²) in [5.41, 5.74) is 4.86. The summed E-state index contributed by atoms with van der Waals surface area (Å²) in [5.74, 6) is 6.14. The monoisotopic (exact) mass is 406 g/mol. The quantitative estimate of drug-likeness (QED) is 0.416. The highest BCUT2D eigenvalue weighted by molar-refractivity contribution is 7.12. The van der Waals surface area contributed by atoms with Crippen LogP contribution in [-0.2, 0) is 10.2 Å². The highest BCUT2D eigenvalue weighted by Gasteiger charge is 2.53. The maximum atomic E-state index is 12.2. The normalized spacial score (nSPS) is 29.5. The van der Waals surface area contributed by atoms with E-state index in [2.05, 4.69) is 18.1 Å². The van der Waals surface area contributed by atoms with Gasteiger partial charge in [0.15, 0.2) is 0 Å². The third kappa shape index (κ3) is 3.07. The molecule has 0 aromatic carbocycles. The molecule has 1 aromatic rings. The summed E-state index contributed by atoms with van der Waals surface area (Å²) in [5, 5.41) is 1.97. The Morgan fingerprint density at radius 3 is 2.21 bits per heavy atom. The summed E-state index contributed by atoms with van der Waals surface area (Å²) in [6.07, 6.45) is 13.6. The smallest absolute Gasteiger partial charge is 0.348 e. The SMILES string of the molecule is C#Cc1csc(C(=O)OC)c1C12CC3CC(CC(C3)C1)C2.COc1ccc2cc1-2. The van der Waals surface area contributed by atoms with Crippen molar-refractivity contribution < 1.29 is 14.3 Å². The topological polar surface area (TPSA) is 35.5 Å². The molecular weight excluding hydrogens is 380 g/mol. The first-order valence-electron chi connectivity index (χ1n) is 10.4. The summed E-state index contributed by atoms with van der Waals surface area (Å²) in [6, 6.07) is 6.16. The average molecular weight is 407 g/mol. The van der Waals surface area contributed by atoms with Crippen LogP contribution in [0.4, 0.5) is 0 Å². The molecule has 4 bridgehead atoms. The van der Waals surface area contributed by atoms with Gasteiger partial charge in [-0.3, -0.25) is 0 Å². The van der Waals surface area contributed by atoms with Crippen LogP contribution >= 0.6 is 11.3 Å². The Bertz CT molecular complexity index is 974. The number of terminal acetylenes is 1. The molecule has 0 amide bonds. The van der Waals surface area contributed by atoms with Crippen molar-refractivity contribution >= 4 is 17.3 Å². The molecule has 7 rings (SSSR count). The van der Waals surface area contributed by atoms with Crippen molar-refractivity contribution in [3.63, 3.8) is 0 Å². The van der Waals surface area contributed by atoms with Crippen LogP contribution in [0.1, 0.15) is 59.3 Å². The molecule has 29 heavy (non-hydrogen) atoms. The fraction of sp³-hybridized carbons (Fsp3) is 0.480. The average Bonchev–Trinajstić information content (AvgIpc) is 3.17. The van der Waals surface area contributed by atoms with Gasteiger partial charge >= 0.3 is 5.97 Å². The first-order chi connectivity index (χ1) is 14.1. The lowest BCUT2D eigenvalue weighted by atomic mass is 9.47. The van der Waals surface area contributed by atoms with Crippen LogP contribution < -0.4 is 4.74 Å². The van der Waals surface area contributed by atoms with Gasteiger partial charge in [-0.05, 0) is 85.0 Å². The van der Waals surface area contributed by atoms with Crippen LogP contribution in [-0.4, -0.2) is 20.2 Å². The zero-order valence-corrected chi connectivity index (χ0v) is 17.8. The summed E-state index contributed by atoms with van der Waals surface area (Å²) in [6.45, 7) is 0. The minimum Gasteiger partial charge on any atom is -0.496 e. The number of carbonyl (C=O) groups excluding carboxylic acids is 1. The number of esters is 1. The van der Waals surface area contributed by atoms with Gasteiger partial charge in [0, 0.05) is 16.5 Å². The van der Waals surface area contributed by atoms with E-state index in [0.717, 1.165) is 39.5 Å². The van der Waals surface area contributed by atoms with Crippen molar-refractivity contribution in [2.24, 2.45) is 17.8 Å². The van der Waals surface area contributed by atoms with Gasteiger partial charge in [0.05, 0.1) is 14.2 Å². The van der Waals surface area contributed by atoms with Gasteiger partial charge in [-0.15, -0.1) is 17.8 Å². The van der Waals surface area contributed by atoms with Gasteiger partial charge in [0.25, 0.3) is 0 Å². The predicted octanol–water partition coefficient (Wildman–Crippen LogP) is 5.66. The number of benzene rings is 1. The van der Waals surface area contributed by atoms with E-state index in [-0.39, 0.29) is 11.4 Å². The highest BCUT2D eigenvalue weighted by Crippen LogP contribution is 2.62. The lowest BCUT2D eigenvalue weighted by Crippen LogP contribution is -2.49. The van der Waals surface area contributed by atoms with Crippen molar-refractivity contribution in [1.82, 2.24) is 0 Å². The zero-order chi connectivity index (χ0) is 20.2. The van der Waals surface area contributed by atoms with E-state index < -0.39 is 0 Å². The van der Waals surface area contributed by atoms with Crippen molar-refractivity contribution in [2.45, 2.75) is 43.9 Å². The number of rotatable bonds is 3. The van der Waals surface area contributed by atoms with E-state index in [1.807, 2.05) is 11.4 Å². The molecule has 3 nitrogen and oxygen atoms in total. The standard InChI is InChI=1S/C18H20O2S.C7H6O/c1-3-14-10-21-16(17(19)20-2)15(14)18-7-11-4-12(8-18)6-13(5-11)9-18;1-8-7-3-2-5-4-6(5)7/h1,10-13H,4-9H2,2H3;2-4H,1H3. The van der Waals surface area contributed by atoms with Crippen molar-refractivity contribution in [2.75, 3.05) is 14.2 Å². The van der Waals surface area contributed by atoms with Gasteiger partial charge in [0.2, 0.25) is 0 Å². The fourth-order valence-electron chi connectivity index (χ4n) is 6.55. The molecule has 150 valence electrons. The first kappa shape index (κ1) is 18.8. The molecule has 0 N–H and O–H groups in total. The Balaban J connectivity index is 0.000000189. The Morgan fingerprint density at radius 2 is 1.79 bits per heavy atom. The highest BCUT2D eigenvalue weighted by atomic mass is 32.1. The van der Waals surface area contributed by atoms with Crippen LogP contribution in [0, 0.1) is 30.1 Å². The van der Waals surface area contributed by atoms with Crippen molar-refractivity contribution in [3.8, 4) is 29.2 Å². The third-order valence-corrected chi connectivity index (χ3v) is 8.27. The molecule has 4 saturated carbocycles. The van der Waals surface area contributed by atoms with Gasteiger partial charge < -0.3 is 9.47 Å². The van der Waals surface area contributed by atoms with Crippen LogP contribution in [0.5, 0.6) is 5.75 Å². The molecule has 4 fully saturated rings. The van der Waals surface area contributed by atoms with E-state index in [1.165, 1.54) is 68.1 Å². The molecule has 0 saturated heterocycles. The summed E-state index contributed by atoms with van der Waals surface area (Å²) in [4.78, 5) is 12.9. The number of fused-ring (bicyclic) bond motifs is 1. The molecule has 1 heterocycles. The van der Waals surface area contributed by atoms with E-state index >= 15 is 0 Å². The molecular formula is C25H26O3S. The first-order valence-corrected chi connectivity index (χ1v) is 11.3. The summed E-state index contributed by atoms with van der Waals surface area (Å²) < 4.78 is 10.0. The van der Waals surface area contributed by atoms with Crippen molar-refractivity contribution in [3.05, 3.63) is 39.6 Å². The number of carbonyl (C=O) groups is 1. The van der Waals surface area contributed by atoms with Gasteiger partial charge in [-0.25, -0.2) is 4.79 Å². The molecule has 6 aliphatic rings. The lowest BCUT2D eigenvalue weighted by molar-refractivity contribution is -0.00577. The van der Waals surface area contributed by atoms with E-state index in [9.17, 15) is 4.79 Å². The Hall–Kier alpha value is -2.25. The zero-order valence-electron chi connectivity index (χ0n) is 17.0. The lowest BCUT2D eigenvalue weighted by Gasteiger charge is -2.57. The van der Waals surface area contributed by atoms with Gasteiger partial charge in [-0.2, -0.15) is 0 Å². The van der Waals surface area contributed by atoms with Crippen LogP contribution in [0.3, 0.4) is 0 Å². The Kier molecular flexibility index (Phi) is 4.47. The second-order valence-electron chi connectivity index (χ2n) is 9.10. The molecule has 4 heteroatoms. The largest absolute Gasteiger partial charge is 0.496 e. The molecule has 0 atom stereocenters. The summed E-state index contributed by atoms with van der Waals surface area (Å²) >= 11 is 1.47. The predicted molar refractivity (Wildman–Crippen MR) is 115 cm³/mol. The maximum absolute atomic E-state index is 12.2. The molecule has 0 aliphatic heterocycles. The molecule has 0 radical (unpaired) electrons. The third-order valence-electron chi connectivity index (χ3n) is 7.31. The second kappa shape index (κ2) is 6.92. The summed E-state index contributed by atoms with van der Waals surface area (Å²) in [7, 11) is 3.16. The molecule has 1 aromatic heterocycles. The van der Waals surface area contributed by atoms with Gasteiger partial charge in [0.1, 0.15) is 10.6 Å². The molecule has 6 aliphatic carbocycles. The van der Waals surface area contributed by atoms with Crippen LogP contribution in [0.15, 0.2) is 23.6 Å².